The second-order valence-corrected chi connectivity index (χ2v) is 7.64. The van der Waals surface area contributed by atoms with Gasteiger partial charge in [-0.05, 0) is 17.1 Å². The number of amidine groups is 1. The van der Waals surface area contributed by atoms with Crippen LogP contribution in [0.5, 0.6) is 0 Å². The Hall–Kier alpha value is -5.00. The van der Waals surface area contributed by atoms with Gasteiger partial charge in [0.1, 0.15) is 23.3 Å². The molecule has 0 aliphatic carbocycles. The molecule has 3 heterocycles. The third kappa shape index (κ3) is 4.76. The SMILES string of the molecule is CC(c1cn(-c2ccc(F)cc2F)nn1)c1[nH]c(C(N)=NC=[NH2+])c(-c2cnc(C(F)(F)F)nc2)c1C#N. The molecule has 0 amide bonds. The van der Waals surface area contributed by atoms with Gasteiger partial charge in [0.25, 0.3) is 12.2 Å². The van der Waals surface area contributed by atoms with Crippen LogP contribution in [0.1, 0.15) is 41.3 Å². The zero-order valence-corrected chi connectivity index (χ0v) is 18.8. The lowest BCUT2D eigenvalue weighted by molar-refractivity contribution is -0.145. The van der Waals surface area contributed by atoms with Crippen molar-refractivity contribution in [1.29, 1.82) is 5.26 Å². The summed E-state index contributed by atoms with van der Waals surface area (Å²) in [4.78, 5) is 13.5. The van der Waals surface area contributed by atoms with Gasteiger partial charge in [0.15, 0.2) is 5.82 Å². The van der Waals surface area contributed by atoms with E-state index < -0.39 is 29.6 Å². The van der Waals surface area contributed by atoms with E-state index in [1.54, 1.807) is 6.92 Å². The van der Waals surface area contributed by atoms with Crippen LogP contribution in [0, 0.1) is 23.0 Å². The number of hydrogen-bond donors (Lipinski definition) is 3. The highest BCUT2D eigenvalue weighted by molar-refractivity contribution is 6.05. The van der Waals surface area contributed by atoms with Crippen LogP contribution < -0.4 is 11.1 Å². The van der Waals surface area contributed by atoms with Gasteiger partial charge >= 0.3 is 6.18 Å². The molecular weight excluding hydrogens is 499 g/mol. The lowest BCUT2D eigenvalue weighted by Crippen LogP contribution is -2.30. The largest absolute Gasteiger partial charge is 0.451 e. The van der Waals surface area contributed by atoms with E-state index in [-0.39, 0.29) is 45.3 Å². The second kappa shape index (κ2) is 9.57. The van der Waals surface area contributed by atoms with Crippen LogP contribution in [0.25, 0.3) is 16.8 Å². The van der Waals surface area contributed by atoms with Crippen LogP contribution in [0.2, 0.25) is 0 Å². The van der Waals surface area contributed by atoms with E-state index in [9.17, 15) is 27.2 Å². The van der Waals surface area contributed by atoms with Crippen molar-refractivity contribution in [2.24, 2.45) is 10.7 Å². The van der Waals surface area contributed by atoms with Crippen molar-refractivity contribution < 1.29 is 27.4 Å². The molecule has 0 spiro atoms. The van der Waals surface area contributed by atoms with Gasteiger partial charge in [0, 0.05) is 41.2 Å². The van der Waals surface area contributed by atoms with Crippen molar-refractivity contribution in [2.45, 2.75) is 19.0 Å². The van der Waals surface area contributed by atoms with E-state index in [0.717, 1.165) is 29.5 Å². The topological polar surface area (TPSA) is 160 Å². The quantitative estimate of drug-likeness (QED) is 0.202. The Morgan fingerprint density at radius 2 is 1.97 bits per heavy atom. The fraction of sp³-hybridized carbons (Fsp3) is 0.136. The third-order valence-corrected chi connectivity index (χ3v) is 5.35. The molecule has 15 heteroatoms. The van der Waals surface area contributed by atoms with E-state index in [4.69, 9.17) is 11.1 Å². The number of hydrogen-bond acceptors (Lipinski definition) is 5. The van der Waals surface area contributed by atoms with Crippen LogP contribution in [0.4, 0.5) is 22.0 Å². The minimum atomic E-state index is -4.76. The number of halogens is 5. The second-order valence-electron chi connectivity index (χ2n) is 7.64. The normalized spacial score (nSPS) is 12.8. The number of aromatic amines is 1. The highest BCUT2D eigenvalue weighted by atomic mass is 19.4. The van der Waals surface area contributed by atoms with E-state index in [1.165, 1.54) is 12.3 Å². The Morgan fingerprint density at radius 1 is 1.27 bits per heavy atom. The maximum Gasteiger partial charge on any atom is 0.451 e. The smallest absolute Gasteiger partial charge is 0.361 e. The van der Waals surface area contributed by atoms with Gasteiger partial charge in [0.05, 0.1) is 17.5 Å². The number of alkyl halides is 3. The van der Waals surface area contributed by atoms with Crippen molar-refractivity contribution in [3.8, 4) is 22.9 Å². The number of nitrogens with one attached hydrogen (secondary N) is 1. The summed E-state index contributed by atoms with van der Waals surface area (Å²) < 4.78 is 67.4. The van der Waals surface area contributed by atoms with Crippen molar-refractivity contribution in [3.05, 3.63) is 76.9 Å². The standard InChI is InChI=1S/C22H15F5N10/c1-10(15-8-37(36-35-15)16-3-2-12(23)4-14(16)24)18-13(5-28)17(19(34-18)20(30)33-9-29)11-6-31-21(32-7-11)22(25,26)27/h2-4,6-10,34H,1H3,(H3,29,30,33)/p+1. The van der Waals surface area contributed by atoms with Gasteiger partial charge in [-0.3, -0.25) is 5.41 Å². The summed E-state index contributed by atoms with van der Waals surface area (Å²) in [6.45, 7) is 1.65. The molecule has 3 aromatic heterocycles. The van der Waals surface area contributed by atoms with Crippen LogP contribution >= 0.6 is 0 Å². The summed E-state index contributed by atoms with van der Waals surface area (Å²) in [5.74, 6) is -3.83. The molecule has 188 valence electrons. The van der Waals surface area contributed by atoms with E-state index in [2.05, 4.69) is 30.3 Å². The number of benzene rings is 1. The summed E-state index contributed by atoms with van der Waals surface area (Å²) in [6, 6.07) is 4.95. The summed E-state index contributed by atoms with van der Waals surface area (Å²) in [5, 5.41) is 23.2. The number of aliphatic imine (C=N–C) groups is 1. The molecule has 0 bridgehead atoms. The van der Waals surface area contributed by atoms with E-state index in [0.29, 0.717) is 6.07 Å². The van der Waals surface area contributed by atoms with Crippen molar-refractivity contribution in [1.82, 2.24) is 29.9 Å². The Labute approximate surface area is 204 Å². The number of rotatable bonds is 6. The fourth-order valence-corrected chi connectivity index (χ4v) is 3.60. The summed E-state index contributed by atoms with van der Waals surface area (Å²) in [7, 11) is 0. The molecule has 4 aromatic rings. The minimum Gasteiger partial charge on any atom is -0.361 e. The summed E-state index contributed by atoms with van der Waals surface area (Å²) in [5.41, 5.74) is 6.72. The first-order valence-corrected chi connectivity index (χ1v) is 10.4. The third-order valence-electron chi connectivity index (χ3n) is 5.35. The molecule has 37 heavy (non-hydrogen) atoms. The lowest BCUT2D eigenvalue weighted by Gasteiger charge is -2.08. The molecule has 0 aliphatic heterocycles. The highest BCUT2D eigenvalue weighted by Gasteiger charge is 2.35. The summed E-state index contributed by atoms with van der Waals surface area (Å²) >= 11 is 0. The molecule has 5 N–H and O–H groups in total. The molecule has 0 aliphatic rings. The predicted octanol–water partition coefficient (Wildman–Crippen LogP) is 1.87. The summed E-state index contributed by atoms with van der Waals surface area (Å²) in [6.07, 6.45) is -0.659. The minimum absolute atomic E-state index is 0.00328. The van der Waals surface area contributed by atoms with Gasteiger partial charge in [-0.1, -0.05) is 12.1 Å². The van der Waals surface area contributed by atoms with Gasteiger partial charge in [0.2, 0.25) is 5.82 Å². The molecule has 10 nitrogen and oxygen atoms in total. The van der Waals surface area contributed by atoms with Crippen LogP contribution in [-0.2, 0) is 6.18 Å². The number of nitrogens with two attached hydrogens (primary N) is 2. The molecule has 0 fully saturated rings. The molecule has 0 saturated carbocycles. The zero-order valence-electron chi connectivity index (χ0n) is 18.8. The first kappa shape index (κ1) is 25.1. The van der Waals surface area contributed by atoms with E-state index >= 15 is 0 Å². The maximum atomic E-state index is 14.2. The zero-order chi connectivity index (χ0) is 26.9. The maximum absolute atomic E-state index is 14.2. The molecule has 1 unspecified atom stereocenters. The van der Waals surface area contributed by atoms with Gasteiger partial charge in [-0.15, -0.1) is 5.10 Å². The number of nitriles is 1. The first-order valence-electron chi connectivity index (χ1n) is 10.4. The Balaban J connectivity index is 1.83. The molecule has 0 radical (unpaired) electrons. The first-order chi connectivity index (χ1) is 17.5. The van der Waals surface area contributed by atoms with E-state index in [1.807, 2.05) is 6.07 Å². The highest BCUT2D eigenvalue weighted by Crippen LogP contribution is 2.36. The molecule has 1 atom stereocenters. The number of H-pyrrole nitrogens is 1. The predicted molar refractivity (Wildman–Crippen MR) is 119 cm³/mol. The van der Waals surface area contributed by atoms with Crippen molar-refractivity contribution >= 4 is 12.2 Å². The Kier molecular flexibility index (Phi) is 6.49. The average Bonchev–Trinajstić information content (AvgIpc) is 3.49. The molecular formula is C22H16F5N10+. The Morgan fingerprint density at radius 3 is 2.57 bits per heavy atom. The van der Waals surface area contributed by atoms with Gasteiger partial charge in [-0.2, -0.15) is 18.4 Å². The molecule has 0 saturated heterocycles. The monoisotopic (exact) mass is 515 g/mol. The van der Waals surface area contributed by atoms with Crippen molar-refractivity contribution in [2.75, 3.05) is 0 Å². The van der Waals surface area contributed by atoms with Crippen molar-refractivity contribution in [3.63, 3.8) is 0 Å². The van der Waals surface area contributed by atoms with Crippen LogP contribution in [0.3, 0.4) is 0 Å². The lowest BCUT2D eigenvalue weighted by atomic mass is 9.96. The fourth-order valence-electron chi connectivity index (χ4n) is 3.60. The van der Waals surface area contributed by atoms with Gasteiger partial charge in [-0.25, -0.2) is 23.4 Å². The Bertz CT molecular complexity index is 1540. The molecule has 1 aromatic carbocycles. The van der Waals surface area contributed by atoms with Crippen LogP contribution in [-0.4, -0.2) is 42.1 Å². The number of nitrogens with zero attached hydrogens (tertiary/aromatic N) is 7. The average molecular weight is 515 g/mol. The van der Waals surface area contributed by atoms with Gasteiger partial charge < -0.3 is 10.7 Å². The molecule has 4 rings (SSSR count). The number of aromatic nitrogens is 6. The van der Waals surface area contributed by atoms with Crippen LogP contribution in [0.15, 0.2) is 41.8 Å².